The van der Waals surface area contributed by atoms with Gasteiger partial charge in [0.05, 0.1) is 28.2 Å². The molecule has 5 atom stereocenters. The van der Waals surface area contributed by atoms with Crippen molar-refractivity contribution < 1.29 is 29.0 Å². The number of nitrogens with one attached hydrogen (secondary N) is 2. The number of primary amides is 1. The third-order valence-electron chi connectivity index (χ3n) is 9.59. The largest absolute Gasteiger partial charge is 0.492 e. The monoisotopic (exact) mass is 818 g/mol. The van der Waals surface area contributed by atoms with E-state index in [1.807, 2.05) is 76.5 Å². The Morgan fingerprint density at radius 2 is 1.78 bits per heavy atom. The average molecular weight is 820 g/mol. The summed E-state index contributed by atoms with van der Waals surface area (Å²) in [7, 11) is 0. The number of likely N-dealkylation sites (tertiary alicyclic amines) is 1. The van der Waals surface area contributed by atoms with Crippen LogP contribution in [0.4, 0.5) is 0 Å². The number of thiazole rings is 1. The number of rotatable bonds is 18. The maximum Gasteiger partial charge on any atom is 0.246 e. The van der Waals surface area contributed by atoms with Gasteiger partial charge in [-0.2, -0.15) is 0 Å². The van der Waals surface area contributed by atoms with Crippen molar-refractivity contribution in [2.75, 3.05) is 13.2 Å². The Morgan fingerprint density at radius 3 is 2.42 bits per heavy atom. The Hall–Kier alpha value is -3.75. The molecule has 1 fully saturated rings. The molecular formula is C40H56Cl2N6O6S. The van der Waals surface area contributed by atoms with E-state index in [4.69, 9.17) is 27.8 Å². The molecule has 0 aliphatic carbocycles. The lowest BCUT2D eigenvalue weighted by Crippen LogP contribution is -2.57. The molecular weight excluding hydrogens is 763 g/mol. The number of carbonyl (C=O) groups excluding carboxylic acids is 4. The fourth-order valence-corrected chi connectivity index (χ4v) is 7.56. The molecule has 2 heterocycles. The molecule has 302 valence electrons. The number of unbranched alkanes of at least 4 members (excludes halogenated alkanes) is 2. The Morgan fingerprint density at radius 1 is 1.07 bits per heavy atom. The summed E-state index contributed by atoms with van der Waals surface area (Å²) in [6, 6.07) is 11.0. The van der Waals surface area contributed by atoms with Gasteiger partial charge >= 0.3 is 0 Å². The van der Waals surface area contributed by atoms with E-state index in [9.17, 15) is 24.3 Å². The number of aryl methyl sites for hydroxylation is 2. The molecule has 1 aliphatic heterocycles. The first kappa shape index (κ1) is 45.6. The topological polar surface area (TPSA) is 190 Å². The summed E-state index contributed by atoms with van der Waals surface area (Å²) >= 11 is 7.90. The molecule has 3 aromatic rings. The third kappa shape index (κ3) is 13.7. The quantitative estimate of drug-likeness (QED) is 0.102. The van der Waals surface area contributed by atoms with E-state index in [0.29, 0.717) is 23.6 Å². The predicted octanol–water partition coefficient (Wildman–Crippen LogP) is 5.64. The fourth-order valence-electron chi connectivity index (χ4n) is 6.50. The summed E-state index contributed by atoms with van der Waals surface area (Å²) in [6.45, 7) is 9.71. The van der Waals surface area contributed by atoms with Crippen LogP contribution in [0.1, 0.15) is 95.5 Å². The van der Waals surface area contributed by atoms with Crippen molar-refractivity contribution in [3.63, 3.8) is 0 Å². The first-order chi connectivity index (χ1) is 25.5. The zero-order valence-corrected chi connectivity index (χ0v) is 34.7. The minimum atomic E-state index is -0.889. The molecule has 1 aliphatic rings. The lowest BCUT2D eigenvalue weighted by molar-refractivity contribution is -0.144. The van der Waals surface area contributed by atoms with E-state index in [0.717, 1.165) is 46.5 Å². The number of aliphatic hydroxyl groups is 1. The van der Waals surface area contributed by atoms with Crippen molar-refractivity contribution in [2.45, 2.75) is 116 Å². The molecule has 2 aromatic carbocycles. The lowest BCUT2D eigenvalue weighted by atomic mass is 9.85. The molecule has 55 heavy (non-hydrogen) atoms. The Balaban J connectivity index is 0.00000812. The number of nitrogens with zero attached hydrogens (tertiary/aromatic N) is 2. The van der Waals surface area contributed by atoms with E-state index in [1.54, 1.807) is 17.4 Å². The average Bonchev–Trinajstić information content (AvgIpc) is 3.72. The highest BCUT2D eigenvalue weighted by Crippen LogP contribution is 2.30. The van der Waals surface area contributed by atoms with Gasteiger partial charge in [-0.1, -0.05) is 63.1 Å². The van der Waals surface area contributed by atoms with Gasteiger partial charge in [-0.3, -0.25) is 19.2 Å². The van der Waals surface area contributed by atoms with Crippen LogP contribution in [-0.4, -0.2) is 76.0 Å². The molecule has 0 unspecified atom stereocenters. The second-order valence-corrected chi connectivity index (χ2v) is 16.6. The number of aromatic nitrogens is 1. The van der Waals surface area contributed by atoms with Gasteiger partial charge < -0.3 is 36.8 Å². The van der Waals surface area contributed by atoms with Crippen molar-refractivity contribution in [2.24, 2.45) is 16.9 Å². The summed E-state index contributed by atoms with van der Waals surface area (Å²) < 4.78 is 5.80. The van der Waals surface area contributed by atoms with Crippen LogP contribution < -0.4 is 26.8 Å². The van der Waals surface area contributed by atoms with Gasteiger partial charge in [-0.25, -0.2) is 4.98 Å². The highest BCUT2D eigenvalue weighted by Gasteiger charge is 2.44. The molecule has 12 nitrogen and oxygen atoms in total. The Labute approximate surface area is 339 Å². The van der Waals surface area contributed by atoms with Gasteiger partial charge in [0, 0.05) is 36.9 Å². The van der Waals surface area contributed by atoms with Crippen LogP contribution in [0.5, 0.6) is 5.75 Å². The summed E-state index contributed by atoms with van der Waals surface area (Å²) in [5.74, 6) is -0.800. The van der Waals surface area contributed by atoms with Crippen molar-refractivity contribution >= 4 is 59.0 Å². The second kappa shape index (κ2) is 21.0. The lowest BCUT2D eigenvalue weighted by Gasteiger charge is -2.35. The number of aliphatic hydroxyl groups excluding tert-OH is 1. The number of ether oxygens (including phenoxy) is 1. The van der Waals surface area contributed by atoms with Crippen LogP contribution in [0.2, 0.25) is 5.02 Å². The molecule has 0 radical (unpaired) electrons. The van der Waals surface area contributed by atoms with Crippen LogP contribution in [-0.2, 0) is 25.6 Å². The zero-order chi connectivity index (χ0) is 39.6. The molecule has 4 amide bonds. The molecule has 1 aromatic heterocycles. The number of hydrogen-bond donors (Lipinski definition) is 5. The van der Waals surface area contributed by atoms with E-state index in [-0.39, 0.29) is 68.7 Å². The summed E-state index contributed by atoms with van der Waals surface area (Å²) in [5, 5.41) is 17.1. The number of hydrogen-bond acceptors (Lipinski definition) is 9. The van der Waals surface area contributed by atoms with Gasteiger partial charge in [-0.05, 0) is 79.8 Å². The molecule has 0 saturated carbocycles. The van der Waals surface area contributed by atoms with Crippen LogP contribution in [0.3, 0.4) is 0 Å². The van der Waals surface area contributed by atoms with E-state index >= 15 is 0 Å². The SMILES string of the molecule is Cc1ncsc1-c1ccc([C@H](C)NC(=O)[C@@H]2C[C@@H](O)CN2C(=O)[C@@H](NC(=O)CCCCCc2cc(Cl)cc(OC[C@@H](N)CCC(N)=O)c2)C(C)(C)C)cc1.Cl. The molecule has 0 bridgehead atoms. The molecule has 4 rings (SSSR count). The first-order valence-electron chi connectivity index (χ1n) is 18.6. The van der Waals surface area contributed by atoms with Gasteiger partial charge in [-0.15, -0.1) is 23.7 Å². The molecule has 1 saturated heterocycles. The summed E-state index contributed by atoms with van der Waals surface area (Å²) in [6.07, 6.45) is 3.05. The number of amides is 4. The summed E-state index contributed by atoms with van der Waals surface area (Å²) in [5.41, 5.74) is 16.3. The predicted molar refractivity (Wildman–Crippen MR) is 219 cm³/mol. The number of halogens is 2. The number of β-amino-alcohol motifs (C(OH)–C–C–N with tert-alkyl or cyclic N) is 1. The Kier molecular flexibility index (Phi) is 17.4. The standard InChI is InChI=1S/C40H55ClN6O6S.ClH/c1-24(27-11-13-28(14-12-27)36-25(2)44-23-54-36)45-38(51)33-20-31(48)21-47(33)39(52)37(40(3,4)5)46-35(50)10-8-6-7-9-26-17-29(41)19-32(18-26)53-22-30(42)15-16-34(43)49;/h11-14,17-19,23-24,30-31,33,37,48H,6-10,15-16,20-22,42H2,1-5H3,(H2,43,49)(H,45,51)(H,46,50);1H/t24-,30-,31+,33-,37+;/m0./s1. The maximum absolute atomic E-state index is 14.0. The highest BCUT2D eigenvalue weighted by molar-refractivity contribution is 7.13. The number of benzene rings is 2. The minimum absolute atomic E-state index is 0. The number of carbonyl (C=O) groups is 4. The van der Waals surface area contributed by atoms with E-state index in [2.05, 4.69) is 15.6 Å². The highest BCUT2D eigenvalue weighted by atomic mass is 35.5. The smallest absolute Gasteiger partial charge is 0.246 e. The van der Waals surface area contributed by atoms with Crippen molar-refractivity contribution in [1.29, 1.82) is 0 Å². The van der Waals surface area contributed by atoms with Crippen LogP contribution in [0.25, 0.3) is 10.4 Å². The van der Waals surface area contributed by atoms with Crippen LogP contribution in [0, 0.1) is 12.3 Å². The third-order valence-corrected chi connectivity index (χ3v) is 10.8. The van der Waals surface area contributed by atoms with Crippen molar-refractivity contribution in [3.05, 3.63) is 69.8 Å². The van der Waals surface area contributed by atoms with E-state index < -0.39 is 35.4 Å². The van der Waals surface area contributed by atoms with E-state index in [1.165, 1.54) is 4.90 Å². The minimum Gasteiger partial charge on any atom is -0.492 e. The van der Waals surface area contributed by atoms with Gasteiger partial charge in [0.15, 0.2) is 0 Å². The molecule has 0 spiro atoms. The zero-order valence-electron chi connectivity index (χ0n) is 32.3. The van der Waals surface area contributed by atoms with Crippen molar-refractivity contribution in [1.82, 2.24) is 20.5 Å². The van der Waals surface area contributed by atoms with Gasteiger partial charge in [0.25, 0.3) is 0 Å². The summed E-state index contributed by atoms with van der Waals surface area (Å²) in [4.78, 5) is 58.6. The number of nitrogens with two attached hydrogens (primary N) is 2. The van der Waals surface area contributed by atoms with Gasteiger partial charge in [0.2, 0.25) is 23.6 Å². The van der Waals surface area contributed by atoms with Crippen LogP contribution >= 0.6 is 35.3 Å². The first-order valence-corrected chi connectivity index (χ1v) is 19.8. The van der Waals surface area contributed by atoms with Crippen molar-refractivity contribution in [3.8, 4) is 16.2 Å². The second-order valence-electron chi connectivity index (χ2n) is 15.3. The fraction of sp³-hybridized carbons (Fsp3) is 0.525. The van der Waals surface area contributed by atoms with Crippen LogP contribution in [0.15, 0.2) is 48.0 Å². The normalized spacial score (nSPS) is 17.1. The molecule has 7 N–H and O–H groups in total. The molecule has 15 heteroatoms. The maximum atomic E-state index is 14.0. The Bertz CT molecular complexity index is 1750. The van der Waals surface area contributed by atoms with Gasteiger partial charge in [0.1, 0.15) is 24.4 Å².